The summed E-state index contributed by atoms with van der Waals surface area (Å²) in [6.07, 6.45) is 0. The molecule has 1 saturated heterocycles. The topological polar surface area (TPSA) is 44.8 Å². The molecule has 3 rings (SSSR count). The summed E-state index contributed by atoms with van der Waals surface area (Å²) in [5.41, 5.74) is 1.83. The van der Waals surface area contributed by atoms with Crippen LogP contribution in [0.25, 0.3) is 0 Å². The minimum Gasteiger partial charge on any atom is -0.497 e. The molecular formula is C20H24ClN3O2. The fraction of sp³-hybridized carbons (Fsp3) is 0.350. The van der Waals surface area contributed by atoms with Gasteiger partial charge in [0.25, 0.3) is 0 Å². The Morgan fingerprint density at radius 2 is 1.73 bits per heavy atom. The Morgan fingerprint density at radius 1 is 1.08 bits per heavy atom. The Balaban J connectivity index is 1.55. The van der Waals surface area contributed by atoms with E-state index in [1.165, 1.54) is 5.69 Å². The number of halogens is 1. The molecule has 0 bridgehead atoms. The second-order valence-electron chi connectivity index (χ2n) is 6.37. The van der Waals surface area contributed by atoms with Crippen LogP contribution in [-0.4, -0.2) is 50.1 Å². The lowest BCUT2D eigenvalue weighted by Gasteiger charge is -2.38. The minimum atomic E-state index is -0.204. The second-order valence-corrected chi connectivity index (χ2v) is 6.77. The molecule has 1 atom stereocenters. The van der Waals surface area contributed by atoms with E-state index in [1.54, 1.807) is 13.2 Å². The molecule has 1 N–H and O–H groups in total. The number of carbonyl (C=O) groups excluding carboxylic acids is 1. The van der Waals surface area contributed by atoms with E-state index in [0.717, 1.165) is 31.9 Å². The Kier molecular flexibility index (Phi) is 6.01. The van der Waals surface area contributed by atoms with Gasteiger partial charge in [0.1, 0.15) is 5.75 Å². The van der Waals surface area contributed by atoms with Crippen molar-refractivity contribution >= 4 is 28.9 Å². The number of methoxy groups -OCH3 is 1. The summed E-state index contributed by atoms with van der Waals surface area (Å²) >= 11 is 6.12. The number of nitrogens with zero attached hydrogens (tertiary/aromatic N) is 2. The first kappa shape index (κ1) is 18.5. The van der Waals surface area contributed by atoms with E-state index in [0.29, 0.717) is 10.7 Å². The number of amides is 1. The molecule has 1 aliphatic heterocycles. The number of para-hydroxylation sites is 1. The number of anilines is 2. The van der Waals surface area contributed by atoms with Gasteiger partial charge >= 0.3 is 0 Å². The van der Waals surface area contributed by atoms with Crippen LogP contribution < -0.4 is 15.0 Å². The van der Waals surface area contributed by atoms with Gasteiger partial charge in [-0.15, -0.1) is 0 Å². The summed E-state index contributed by atoms with van der Waals surface area (Å²) in [6.45, 7) is 5.38. The van der Waals surface area contributed by atoms with Gasteiger partial charge in [-0.2, -0.15) is 0 Å². The molecule has 1 aliphatic rings. The highest BCUT2D eigenvalue weighted by molar-refractivity contribution is 6.33. The van der Waals surface area contributed by atoms with Crippen LogP contribution in [-0.2, 0) is 4.79 Å². The minimum absolute atomic E-state index is 0.0315. The standard InChI is InChI=1S/C20H24ClN3O2/c1-15(20(25)22-19-6-4-3-5-18(19)21)23-11-13-24(14-12-23)16-7-9-17(26-2)10-8-16/h3-10,15H,11-14H2,1-2H3,(H,22,25). The van der Waals surface area contributed by atoms with E-state index in [9.17, 15) is 4.79 Å². The number of nitrogens with one attached hydrogen (secondary N) is 1. The molecule has 0 aromatic heterocycles. The molecule has 0 radical (unpaired) electrons. The number of piperazine rings is 1. The van der Waals surface area contributed by atoms with Crippen molar-refractivity contribution in [3.05, 3.63) is 53.6 Å². The van der Waals surface area contributed by atoms with Crippen molar-refractivity contribution in [1.82, 2.24) is 4.90 Å². The average Bonchev–Trinajstić information content (AvgIpc) is 2.69. The summed E-state index contributed by atoms with van der Waals surface area (Å²) in [7, 11) is 1.67. The summed E-state index contributed by atoms with van der Waals surface area (Å²) in [6, 6.07) is 15.2. The molecule has 2 aromatic rings. The monoisotopic (exact) mass is 373 g/mol. The molecule has 1 unspecified atom stereocenters. The summed E-state index contributed by atoms with van der Waals surface area (Å²) in [4.78, 5) is 17.1. The zero-order chi connectivity index (χ0) is 18.5. The van der Waals surface area contributed by atoms with E-state index < -0.39 is 0 Å². The molecule has 2 aromatic carbocycles. The van der Waals surface area contributed by atoms with E-state index >= 15 is 0 Å². The number of carbonyl (C=O) groups is 1. The first-order valence-corrected chi connectivity index (χ1v) is 9.14. The lowest BCUT2D eigenvalue weighted by atomic mass is 10.2. The van der Waals surface area contributed by atoms with Gasteiger partial charge in [0.2, 0.25) is 5.91 Å². The van der Waals surface area contributed by atoms with Gasteiger partial charge in [-0.25, -0.2) is 0 Å². The van der Waals surface area contributed by atoms with Crippen molar-refractivity contribution in [1.29, 1.82) is 0 Å². The predicted molar refractivity (Wildman–Crippen MR) is 106 cm³/mol. The Bertz CT molecular complexity index is 743. The Morgan fingerprint density at radius 3 is 2.35 bits per heavy atom. The molecule has 26 heavy (non-hydrogen) atoms. The number of ether oxygens (including phenoxy) is 1. The van der Waals surface area contributed by atoms with Crippen LogP contribution in [0.4, 0.5) is 11.4 Å². The molecule has 138 valence electrons. The molecule has 0 spiro atoms. The second kappa shape index (κ2) is 8.43. The van der Waals surface area contributed by atoms with Gasteiger partial charge in [0, 0.05) is 31.9 Å². The maximum atomic E-state index is 12.5. The van der Waals surface area contributed by atoms with Crippen LogP contribution in [0, 0.1) is 0 Å². The fourth-order valence-corrected chi connectivity index (χ4v) is 3.31. The molecule has 0 aliphatic carbocycles. The van der Waals surface area contributed by atoms with Crippen molar-refractivity contribution in [2.24, 2.45) is 0 Å². The van der Waals surface area contributed by atoms with E-state index in [-0.39, 0.29) is 11.9 Å². The van der Waals surface area contributed by atoms with Crippen LogP contribution in [0.2, 0.25) is 5.02 Å². The van der Waals surface area contributed by atoms with Crippen molar-refractivity contribution in [3.63, 3.8) is 0 Å². The van der Waals surface area contributed by atoms with Crippen molar-refractivity contribution in [3.8, 4) is 5.75 Å². The maximum Gasteiger partial charge on any atom is 0.241 e. The third kappa shape index (κ3) is 4.29. The number of hydrogen-bond acceptors (Lipinski definition) is 4. The van der Waals surface area contributed by atoms with Gasteiger partial charge in [-0.1, -0.05) is 23.7 Å². The van der Waals surface area contributed by atoms with Crippen LogP contribution in [0.5, 0.6) is 5.75 Å². The average molecular weight is 374 g/mol. The number of hydrogen-bond donors (Lipinski definition) is 1. The van der Waals surface area contributed by atoms with E-state index in [4.69, 9.17) is 16.3 Å². The lowest BCUT2D eigenvalue weighted by molar-refractivity contribution is -0.120. The summed E-state index contributed by atoms with van der Waals surface area (Å²) in [5.74, 6) is 0.827. The molecular weight excluding hydrogens is 350 g/mol. The molecule has 1 heterocycles. The molecule has 6 heteroatoms. The fourth-order valence-electron chi connectivity index (χ4n) is 3.13. The highest BCUT2D eigenvalue weighted by atomic mass is 35.5. The summed E-state index contributed by atoms with van der Waals surface area (Å²) < 4.78 is 5.21. The van der Waals surface area contributed by atoms with E-state index in [1.807, 2.05) is 37.3 Å². The van der Waals surface area contributed by atoms with E-state index in [2.05, 4.69) is 27.2 Å². The third-order valence-corrected chi connectivity index (χ3v) is 5.14. The van der Waals surface area contributed by atoms with Crippen LogP contribution in [0.15, 0.2) is 48.5 Å². The quantitative estimate of drug-likeness (QED) is 0.871. The van der Waals surface area contributed by atoms with Crippen molar-refractivity contribution in [2.45, 2.75) is 13.0 Å². The van der Waals surface area contributed by atoms with Gasteiger partial charge in [0.05, 0.1) is 23.9 Å². The summed E-state index contributed by atoms with van der Waals surface area (Å²) in [5, 5.41) is 3.48. The predicted octanol–water partition coefficient (Wildman–Crippen LogP) is 3.50. The zero-order valence-corrected chi connectivity index (χ0v) is 15.9. The van der Waals surface area contributed by atoms with Gasteiger partial charge in [0.15, 0.2) is 0 Å². The van der Waals surface area contributed by atoms with Gasteiger partial charge < -0.3 is 15.0 Å². The van der Waals surface area contributed by atoms with Gasteiger partial charge in [-0.3, -0.25) is 9.69 Å². The SMILES string of the molecule is COc1ccc(N2CCN(C(C)C(=O)Nc3ccccc3Cl)CC2)cc1. The smallest absolute Gasteiger partial charge is 0.241 e. The number of benzene rings is 2. The molecule has 1 amide bonds. The normalized spacial score (nSPS) is 16.2. The highest BCUT2D eigenvalue weighted by Gasteiger charge is 2.26. The Labute approximate surface area is 159 Å². The maximum absolute atomic E-state index is 12.5. The molecule has 5 nitrogen and oxygen atoms in total. The van der Waals surface area contributed by atoms with Crippen LogP contribution >= 0.6 is 11.6 Å². The van der Waals surface area contributed by atoms with Crippen LogP contribution in [0.1, 0.15) is 6.92 Å². The third-order valence-electron chi connectivity index (χ3n) is 4.81. The van der Waals surface area contributed by atoms with Crippen LogP contribution in [0.3, 0.4) is 0 Å². The molecule has 0 saturated carbocycles. The zero-order valence-electron chi connectivity index (χ0n) is 15.1. The first-order valence-electron chi connectivity index (χ1n) is 8.77. The molecule has 1 fully saturated rings. The van der Waals surface area contributed by atoms with Crippen molar-refractivity contribution in [2.75, 3.05) is 43.5 Å². The first-order chi connectivity index (χ1) is 12.6. The van der Waals surface area contributed by atoms with Crippen molar-refractivity contribution < 1.29 is 9.53 Å². The number of rotatable bonds is 5. The van der Waals surface area contributed by atoms with Gasteiger partial charge in [-0.05, 0) is 43.3 Å². The highest BCUT2D eigenvalue weighted by Crippen LogP contribution is 2.23. The largest absolute Gasteiger partial charge is 0.497 e. The lowest BCUT2D eigenvalue weighted by Crippen LogP contribution is -2.52. The Hall–Kier alpha value is -2.24.